The number of carbonyl (C=O) groups is 1. The van der Waals surface area contributed by atoms with Crippen LogP contribution in [0, 0.1) is 5.92 Å². The monoisotopic (exact) mass is 260 g/mol. The van der Waals surface area contributed by atoms with Gasteiger partial charge < -0.3 is 10.0 Å². The molecule has 0 radical (unpaired) electrons. The number of pyridine rings is 1. The van der Waals surface area contributed by atoms with Crippen molar-refractivity contribution in [1.82, 2.24) is 4.98 Å². The van der Waals surface area contributed by atoms with E-state index in [1.165, 1.54) is 17.2 Å². The maximum Gasteiger partial charge on any atom is 0.419 e. The van der Waals surface area contributed by atoms with E-state index in [0.717, 1.165) is 6.07 Å². The number of hydrogen-bond acceptors (Lipinski definition) is 3. The molecule has 98 valence electrons. The van der Waals surface area contributed by atoms with Crippen molar-refractivity contribution in [2.75, 3.05) is 18.0 Å². The van der Waals surface area contributed by atoms with E-state index in [1.807, 2.05) is 0 Å². The third-order valence-corrected chi connectivity index (χ3v) is 2.93. The van der Waals surface area contributed by atoms with Crippen LogP contribution in [0.3, 0.4) is 0 Å². The zero-order valence-corrected chi connectivity index (χ0v) is 9.31. The van der Waals surface area contributed by atoms with Crippen LogP contribution in [-0.4, -0.2) is 29.1 Å². The highest BCUT2D eigenvalue weighted by Crippen LogP contribution is 2.36. The summed E-state index contributed by atoms with van der Waals surface area (Å²) in [5.74, 6) is -1.80. The molecule has 0 aliphatic carbocycles. The number of carboxylic acid groups (broad SMARTS) is 1. The molecule has 1 aromatic rings. The van der Waals surface area contributed by atoms with Crippen LogP contribution in [0.5, 0.6) is 0 Å². The lowest BCUT2D eigenvalue weighted by Crippen LogP contribution is -2.26. The van der Waals surface area contributed by atoms with E-state index >= 15 is 0 Å². The highest BCUT2D eigenvalue weighted by molar-refractivity contribution is 5.72. The standard InChI is InChI=1S/C11H11F3N2O2/c12-11(13,14)8-2-1-4-15-9(8)16-5-3-7(6-16)10(17)18/h1-2,4,7H,3,5-6H2,(H,17,18). The number of aliphatic carboxylic acids is 1. The van der Waals surface area contributed by atoms with Crippen molar-refractivity contribution in [1.29, 1.82) is 0 Å². The Morgan fingerprint density at radius 3 is 2.78 bits per heavy atom. The van der Waals surface area contributed by atoms with Crippen molar-refractivity contribution < 1.29 is 23.1 Å². The van der Waals surface area contributed by atoms with Crippen molar-refractivity contribution in [3.63, 3.8) is 0 Å². The fraction of sp³-hybridized carbons (Fsp3) is 0.455. The van der Waals surface area contributed by atoms with Gasteiger partial charge in [0.15, 0.2) is 0 Å². The molecule has 2 rings (SSSR count). The Morgan fingerprint density at radius 1 is 1.50 bits per heavy atom. The van der Waals surface area contributed by atoms with Gasteiger partial charge in [0.05, 0.1) is 11.5 Å². The molecule has 7 heteroatoms. The molecule has 1 saturated heterocycles. The number of nitrogens with zero attached hydrogens (tertiary/aromatic N) is 2. The average Bonchev–Trinajstić information content (AvgIpc) is 2.77. The Bertz CT molecular complexity index is 462. The van der Waals surface area contributed by atoms with Crippen LogP contribution in [0.25, 0.3) is 0 Å². The Labute approximate surface area is 101 Å². The summed E-state index contributed by atoms with van der Waals surface area (Å²) in [4.78, 5) is 15.9. The van der Waals surface area contributed by atoms with E-state index in [1.54, 1.807) is 0 Å². The lowest BCUT2D eigenvalue weighted by Gasteiger charge is -2.21. The second kappa shape index (κ2) is 4.47. The number of anilines is 1. The molecule has 1 aromatic heterocycles. The number of carboxylic acids is 1. The predicted molar refractivity (Wildman–Crippen MR) is 57.2 cm³/mol. The Hall–Kier alpha value is -1.79. The maximum absolute atomic E-state index is 12.8. The van der Waals surface area contributed by atoms with Crippen molar-refractivity contribution in [3.05, 3.63) is 23.9 Å². The molecule has 18 heavy (non-hydrogen) atoms. The van der Waals surface area contributed by atoms with Crippen molar-refractivity contribution in [3.8, 4) is 0 Å². The van der Waals surface area contributed by atoms with Crippen molar-refractivity contribution in [2.45, 2.75) is 12.6 Å². The van der Waals surface area contributed by atoms with Gasteiger partial charge in [-0.25, -0.2) is 4.98 Å². The molecular formula is C11H11F3N2O2. The zero-order valence-electron chi connectivity index (χ0n) is 9.31. The first-order chi connectivity index (χ1) is 8.39. The first kappa shape index (κ1) is 12.7. The smallest absolute Gasteiger partial charge is 0.419 e. The zero-order chi connectivity index (χ0) is 13.3. The van der Waals surface area contributed by atoms with Crippen molar-refractivity contribution >= 4 is 11.8 Å². The molecule has 0 bridgehead atoms. The highest BCUT2D eigenvalue weighted by Gasteiger charge is 2.38. The van der Waals surface area contributed by atoms with E-state index in [2.05, 4.69) is 4.98 Å². The van der Waals surface area contributed by atoms with E-state index in [4.69, 9.17) is 5.11 Å². The largest absolute Gasteiger partial charge is 0.481 e. The summed E-state index contributed by atoms with van der Waals surface area (Å²) in [7, 11) is 0. The third kappa shape index (κ3) is 2.39. The van der Waals surface area contributed by atoms with Gasteiger partial charge in [-0.05, 0) is 18.6 Å². The summed E-state index contributed by atoms with van der Waals surface area (Å²) in [5.41, 5.74) is -0.823. The minimum Gasteiger partial charge on any atom is -0.481 e. The Kier molecular flexibility index (Phi) is 3.14. The number of aromatic nitrogens is 1. The molecule has 1 atom stereocenters. The van der Waals surface area contributed by atoms with Crippen LogP contribution in [0.4, 0.5) is 19.0 Å². The lowest BCUT2D eigenvalue weighted by molar-refractivity contribution is -0.141. The van der Waals surface area contributed by atoms with Crippen LogP contribution in [-0.2, 0) is 11.0 Å². The number of rotatable bonds is 2. The molecule has 0 spiro atoms. The lowest BCUT2D eigenvalue weighted by atomic mass is 10.1. The summed E-state index contributed by atoms with van der Waals surface area (Å²) in [6.07, 6.45) is -2.87. The molecule has 2 heterocycles. The minimum absolute atomic E-state index is 0.0649. The van der Waals surface area contributed by atoms with Gasteiger partial charge in [-0.3, -0.25) is 4.79 Å². The molecule has 1 aliphatic rings. The maximum atomic E-state index is 12.8. The minimum atomic E-state index is -4.48. The van der Waals surface area contributed by atoms with Crippen LogP contribution in [0.1, 0.15) is 12.0 Å². The highest BCUT2D eigenvalue weighted by atomic mass is 19.4. The third-order valence-electron chi connectivity index (χ3n) is 2.93. The summed E-state index contributed by atoms with van der Waals surface area (Å²) < 4.78 is 38.3. The van der Waals surface area contributed by atoms with E-state index in [-0.39, 0.29) is 18.9 Å². The van der Waals surface area contributed by atoms with Gasteiger partial charge in [0, 0.05) is 19.3 Å². The molecule has 0 saturated carbocycles. The molecule has 1 fully saturated rings. The molecule has 1 unspecified atom stereocenters. The molecular weight excluding hydrogens is 249 g/mol. The molecule has 4 nitrogen and oxygen atoms in total. The van der Waals surface area contributed by atoms with Crippen LogP contribution in [0.15, 0.2) is 18.3 Å². The van der Waals surface area contributed by atoms with Gasteiger partial charge in [-0.15, -0.1) is 0 Å². The molecule has 0 aromatic carbocycles. The van der Waals surface area contributed by atoms with Crippen molar-refractivity contribution in [2.24, 2.45) is 5.92 Å². The summed E-state index contributed by atoms with van der Waals surface area (Å²) >= 11 is 0. The summed E-state index contributed by atoms with van der Waals surface area (Å²) in [6.45, 7) is 0.340. The second-order valence-electron chi connectivity index (χ2n) is 4.14. The molecule has 0 amide bonds. The number of alkyl halides is 3. The first-order valence-electron chi connectivity index (χ1n) is 5.39. The average molecular weight is 260 g/mol. The van der Waals surface area contributed by atoms with Gasteiger partial charge in [-0.1, -0.05) is 0 Å². The van der Waals surface area contributed by atoms with Crippen LogP contribution < -0.4 is 4.90 Å². The quantitative estimate of drug-likeness (QED) is 0.883. The van der Waals surface area contributed by atoms with E-state index < -0.39 is 23.6 Å². The van der Waals surface area contributed by atoms with E-state index in [9.17, 15) is 18.0 Å². The van der Waals surface area contributed by atoms with Crippen LogP contribution >= 0.6 is 0 Å². The SMILES string of the molecule is O=C(O)C1CCN(c2ncccc2C(F)(F)F)C1. The van der Waals surface area contributed by atoms with Crippen LogP contribution in [0.2, 0.25) is 0 Å². The summed E-state index contributed by atoms with van der Waals surface area (Å²) in [5, 5.41) is 8.84. The topological polar surface area (TPSA) is 53.4 Å². The normalized spacial score (nSPS) is 20.2. The van der Waals surface area contributed by atoms with Gasteiger partial charge in [-0.2, -0.15) is 13.2 Å². The molecule has 1 N–H and O–H groups in total. The Balaban J connectivity index is 2.27. The Morgan fingerprint density at radius 2 is 2.22 bits per heavy atom. The second-order valence-corrected chi connectivity index (χ2v) is 4.14. The number of halogens is 3. The van der Waals surface area contributed by atoms with Gasteiger partial charge in [0.2, 0.25) is 0 Å². The van der Waals surface area contributed by atoms with Gasteiger partial charge in [0.25, 0.3) is 0 Å². The first-order valence-corrected chi connectivity index (χ1v) is 5.39. The molecule has 1 aliphatic heterocycles. The fourth-order valence-electron chi connectivity index (χ4n) is 2.02. The predicted octanol–water partition coefficient (Wildman–Crippen LogP) is 2.01. The van der Waals surface area contributed by atoms with E-state index in [0.29, 0.717) is 6.42 Å². The number of hydrogen-bond donors (Lipinski definition) is 1. The fourth-order valence-corrected chi connectivity index (χ4v) is 2.02. The van der Waals surface area contributed by atoms with Gasteiger partial charge in [0.1, 0.15) is 5.82 Å². The summed E-state index contributed by atoms with van der Waals surface area (Å²) in [6, 6.07) is 2.17. The van der Waals surface area contributed by atoms with Gasteiger partial charge >= 0.3 is 12.1 Å².